The van der Waals surface area contributed by atoms with Crippen molar-refractivity contribution in [2.45, 2.75) is 51.4 Å². The third kappa shape index (κ3) is 4.05. The molecule has 5 nitrogen and oxygen atoms in total. The highest BCUT2D eigenvalue weighted by Crippen LogP contribution is 2.41. The van der Waals surface area contributed by atoms with Crippen LogP contribution in [-0.2, 0) is 11.3 Å². The second-order valence-corrected chi connectivity index (χ2v) is 9.20. The predicted molar refractivity (Wildman–Crippen MR) is 131 cm³/mol. The predicted octanol–water partition coefficient (Wildman–Crippen LogP) is 4.70. The summed E-state index contributed by atoms with van der Waals surface area (Å²) in [5.41, 5.74) is 6.16. The zero-order valence-corrected chi connectivity index (χ0v) is 19.5. The summed E-state index contributed by atoms with van der Waals surface area (Å²) in [6, 6.07) is 19.2. The van der Waals surface area contributed by atoms with Crippen LogP contribution in [-0.4, -0.2) is 38.8 Å². The molecule has 2 saturated heterocycles. The molecule has 166 valence electrons. The minimum atomic E-state index is 0.00998. The van der Waals surface area contributed by atoms with Crippen molar-refractivity contribution in [3.8, 4) is 0 Å². The maximum absolute atomic E-state index is 5.98. The molecule has 0 bridgehead atoms. The number of aromatic nitrogens is 2. The molecule has 0 saturated carbocycles. The summed E-state index contributed by atoms with van der Waals surface area (Å²) in [6.07, 6.45) is 4.30. The average Bonchev–Trinajstić information content (AvgIpc) is 3.51. The molecule has 1 aromatic carbocycles. The van der Waals surface area contributed by atoms with Gasteiger partial charge < -0.3 is 19.5 Å². The van der Waals surface area contributed by atoms with Crippen molar-refractivity contribution in [3.05, 3.63) is 89.0 Å². The number of thiocarbonyl (C=S) groups is 1. The van der Waals surface area contributed by atoms with E-state index < -0.39 is 0 Å². The standard InChI is InChI=1S/C26H30N4OS/c1-18-15-22(19(2)29(18)16-20-9-4-3-5-10-20)25-24(23-12-6-7-13-27-23)28-26(32)30(25)17-21-11-8-14-31-21/h3-7,9-10,12-13,15,21,24-25H,8,11,14,16-17H2,1-2H3,(H,28,32)/t21-,24+,25+/m0/s1. The average molecular weight is 447 g/mol. The molecule has 3 aromatic rings. The lowest BCUT2D eigenvalue weighted by molar-refractivity contribution is 0.0842. The van der Waals surface area contributed by atoms with Crippen molar-refractivity contribution >= 4 is 17.3 Å². The van der Waals surface area contributed by atoms with Crippen LogP contribution in [0.4, 0.5) is 0 Å². The molecule has 2 fully saturated rings. The van der Waals surface area contributed by atoms with Gasteiger partial charge in [-0.2, -0.15) is 0 Å². The first-order valence-corrected chi connectivity index (χ1v) is 11.8. The van der Waals surface area contributed by atoms with Gasteiger partial charge in [-0.3, -0.25) is 4.98 Å². The minimum Gasteiger partial charge on any atom is -0.376 e. The summed E-state index contributed by atoms with van der Waals surface area (Å²) in [7, 11) is 0. The Morgan fingerprint density at radius 2 is 1.94 bits per heavy atom. The maximum Gasteiger partial charge on any atom is 0.170 e. The molecular formula is C26H30N4OS. The number of benzene rings is 1. The summed E-state index contributed by atoms with van der Waals surface area (Å²) in [5, 5.41) is 4.36. The maximum atomic E-state index is 5.98. The lowest BCUT2D eigenvalue weighted by Crippen LogP contribution is -2.36. The third-order valence-electron chi connectivity index (χ3n) is 6.74. The van der Waals surface area contributed by atoms with E-state index in [1.165, 1.54) is 22.5 Å². The summed E-state index contributed by atoms with van der Waals surface area (Å²) in [6.45, 7) is 6.94. The first-order chi connectivity index (χ1) is 15.6. The van der Waals surface area contributed by atoms with E-state index in [0.29, 0.717) is 0 Å². The molecule has 5 rings (SSSR count). The molecule has 2 aromatic heterocycles. The van der Waals surface area contributed by atoms with E-state index in [4.69, 9.17) is 17.0 Å². The Morgan fingerprint density at radius 1 is 1.12 bits per heavy atom. The smallest absolute Gasteiger partial charge is 0.170 e. The third-order valence-corrected chi connectivity index (χ3v) is 7.09. The zero-order chi connectivity index (χ0) is 22.1. The summed E-state index contributed by atoms with van der Waals surface area (Å²) in [4.78, 5) is 7.01. The quantitative estimate of drug-likeness (QED) is 0.556. The van der Waals surface area contributed by atoms with E-state index in [1.807, 2.05) is 18.3 Å². The second kappa shape index (κ2) is 9.04. The van der Waals surface area contributed by atoms with Crippen molar-refractivity contribution in [1.29, 1.82) is 0 Å². The second-order valence-electron chi connectivity index (χ2n) is 8.81. The fourth-order valence-electron chi connectivity index (χ4n) is 5.08. The van der Waals surface area contributed by atoms with Gasteiger partial charge in [0, 0.05) is 37.3 Å². The molecule has 0 radical (unpaired) electrons. The van der Waals surface area contributed by atoms with Crippen LogP contribution >= 0.6 is 12.2 Å². The fourth-order valence-corrected chi connectivity index (χ4v) is 5.40. The Morgan fingerprint density at radius 3 is 2.66 bits per heavy atom. The highest BCUT2D eigenvalue weighted by molar-refractivity contribution is 7.80. The van der Waals surface area contributed by atoms with E-state index in [2.05, 4.69) is 76.1 Å². The molecule has 2 aliphatic rings. The van der Waals surface area contributed by atoms with E-state index in [9.17, 15) is 0 Å². The number of nitrogens with zero attached hydrogens (tertiary/aromatic N) is 3. The highest BCUT2D eigenvalue weighted by atomic mass is 32.1. The summed E-state index contributed by atoms with van der Waals surface area (Å²) < 4.78 is 8.39. The molecule has 4 heterocycles. The van der Waals surface area contributed by atoms with Crippen LogP contribution < -0.4 is 5.32 Å². The van der Waals surface area contributed by atoms with Gasteiger partial charge in [0.05, 0.1) is 23.9 Å². The first kappa shape index (κ1) is 21.2. The van der Waals surface area contributed by atoms with Gasteiger partial charge in [0.1, 0.15) is 0 Å². The first-order valence-electron chi connectivity index (χ1n) is 11.4. The van der Waals surface area contributed by atoms with Crippen LogP contribution in [0.5, 0.6) is 0 Å². The zero-order valence-electron chi connectivity index (χ0n) is 18.7. The lowest BCUT2D eigenvalue weighted by Gasteiger charge is -2.30. The molecule has 32 heavy (non-hydrogen) atoms. The van der Waals surface area contributed by atoms with Crippen molar-refractivity contribution < 1.29 is 4.74 Å². The van der Waals surface area contributed by atoms with Gasteiger partial charge in [-0.25, -0.2) is 0 Å². The highest BCUT2D eigenvalue weighted by Gasteiger charge is 2.42. The number of hydrogen-bond donors (Lipinski definition) is 1. The molecule has 0 spiro atoms. The summed E-state index contributed by atoms with van der Waals surface area (Å²) >= 11 is 5.84. The molecule has 1 N–H and O–H groups in total. The number of ether oxygens (including phenoxy) is 1. The van der Waals surface area contributed by atoms with Crippen molar-refractivity contribution in [1.82, 2.24) is 19.8 Å². The Balaban J connectivity index is 1.53. The summed E-state index contributed by atoms with van der Waals surface area (Å²) in [5.74, 6) is 0. The van der Waals surface area contributed by atoms with Gasteiger partial charge in [-0.15, -0.1) is 0 Å². The van der Waals surface area contributed by atoms with Crippen LogP contribution in [0.15, 0.2) is 60.8 Å². The van der Waals surface area contributed by atoms with Gasteiger partial charge >= 0.3 is 0 Å². The Bertz CT molecular complexity index is 1080. The van der Waals surface area contributed by atoms with Gasteiger partial charge in [0.2, 0.25) is 0 Å². The van der Waals surface area contributed by atoms with Gasteiger partial charge in [-0.1, -0.05) is 36.4 Å². The number of aryl methyl sites for hydroxylation is 1. The largest absolute Gasteiger partial charge is 0.376 e. The Hall–Kier alpha value is -2.70. The molecule has 0 amide bonds. The van der Waals surface area contributed by atoms with Gasteiger partial charge in [-0.05, 0) is 68.2 Å². The van der Waals surface area contributed by atoms with Crippen molar-refractivity contribution in [3.63, 3.8) is 0 Å². The number of pyridine rings is 1. The van der Waals surface area contributed by atoms with Crippen LogP contribution in [0, 0.1) is 13.8 Å². The van der Waals surface area contributed by atoms with Crippen LogP contribution in [0.3, 0.4) is 0 Å². The Labute approximate surface area is 195 Å². The minimum absolute atomic E-state index is 0.00998. The van der Waals surface area contributed by atoms with Crippen LogP contribution in [0.1, 0.15) is 53.1 Å². The number of rotatable bonds is 6. The van der Waals surface area contributed by atoms with Crippen molar-refractivity contribution in [2.24, 2.45) is 0 Å². The van der Waals surface area contributed by atoms with Crippen LogP contribution in [0.25, 0.3) is 0 Å². The monoisotopic (exact) mass is 446 g/mol. The van der Waals surface area contributed by atoms with Gasteiger partial charge in [0.25, 0.3) is 0 Å². The molecule has 0 unspecified atom stereocenters. The van der Waals surface area contributed by atoms with Crippen molar-refractivity contribution in [2.75, 3.05) is 13.2 Å². The molecule has 6 heteroatoms. The topological polar surface area (TPSA) is 42.3 Å². The van der Waals surface area contributed by atoms with E-state index in [0.717, 1.165) is 43.3 Å². The Kier molecular flexibility index (Phi) is 5.98. The van der Waals surface area contributed by atoms with Gasteiger partial charge in [0.15, 0.2) is 5.11 Å². The van der Waals surface area contributed by atoms with E-state index >= 15 is 0 Å². The molecule has 0 aliphatic carbocycles. The SMILES string of the molecule is Cc1cc([C@@H]2[C@@H](c3ccccn3)NC(=S)N2C[C@@H]2CCCO2)c(C)n1Cc1ccccc1. The number of hydrogen-bond acceptors (Lipinski definition) is 3. The fraction of sp³-hybridized carbons (Fsp3) is 0.385. The van der Waals surface area contributed by atoms with E-state index in [-0.39, 0.29) is 18.2 Å². The van der Waals surface area contributed by atoms with E-state index in [1.54, 1.807) is 0 Å². The molecular weight excluding hydrogens is 416 g/mol. The van der Waals surface area contributed by atoms with Crippen LogP contribution in [0.2, 0.25) is 0 Å². The molecule has 2 aliphatic heterocycles. The lowest BCUT2D eigenvalue weighted by atomic mass is 9.96. The number of nitrogens with one attached hydrogen (secondary N) is 1. The molecule has 3 atom stereocenters. The normalized spacial score (nSPS) is 23.0.